The Kier molecular flexibility index (Phi) is 5.48. The van der Waals surface area contributed by atoms with Gasteiger partial charge in [-0.25, -0.2) is 0 Å². The van der Waals surface area contributed by atoms with Crippen LogP contribution < -0.4 is 5.32 Å². The lowest BCUT2D eigenvalue weighted by Crippen LogP contribution is -2.48. The summed E-state index contributed by atoms with van der Waals surface area (Å²) in [6.45, 7) is 0.734. The number of methoxy groups -OCH3 is 1. The molecule has 0 radical (unpaired) electrons. The number of benzene rings is 1. The van der Waals surface area contributed by atoms with Crippen molar-refractivity contribution in [3.8, 4) is 0 Å². The number of carbonyl (C=O) groups is 3. The maximum Gasteiger partial charge on any atom is 0.240 e. The van der Waals surface area contributed by atoms with Crippen molar-refractivity contribution in [2.45, 2.75) is 38.8 Å². The number of imide groups is 1. The summed E-state index contributed by atoms with van der Waals surface area (Å²) in [4.78, 5) is 37.5. The molecule has 1 aromatic carbocycles. The molecule has 0 aromatic heterocycles. The molecule has 6 heteroatoms. The van der Waals surface area contributed by atoms with Gasteiger partial charge in [-0.3, -0.25) is 19.3 Å². The van der Waals surface area contributed by atoms with Crippen LogP contribution in [0.3, 0.4) is 0 Å². The number of nitrogens with zero attached hydrogens (tertiary/aromatic N) is 1. The number of hydrogen-bond acceptors (Lipinski definition) is 4. The van der Waals surface area contributed by atoms with Crippen LogP contribution in [-0.2, 0) is 32.3 Å². The van der Waals surface area contributed by atoms with E-state index < -0.39 is 0 Å². The second-order valence-corrected chi connectivity index (χ2v) is 6.91. The fourth-order valence-corrected chi connectivity index (χ4v) is 3.28. The van der Waals surface area contributed by atoms with Crippen LogP contribution in [0.25, 0.3) is 0 Å². The van der Waals surface area contributed by atoms with E-state index in [1.165, 1.54) is 0 Å². The zero-order chi connectivity index (χ0) is 17.8. The molecule has 1 saturated heterocycles. The van der Waals surface area contributed by atoms with Crippen LogP contribution in [-0.4, -0.2) is 36.3 Å². The molecule has 0 unspecified atom stereocenters. The monoisotopic (exact) mass is 344 g/mol. The molecule has 1 heterocycles. The highest BCUT2D eigenvalue weighted by Crippen LogP contribution is 2.42. The first-order valence-electron chi connectivity index (χ1n) is 8.73. The largest absolute Gasteiger partial charge is 0.380 e. The van der Waals surface area contributed by atoms with Crippen molar-refractivity contribution in [1.29, 1.82) is 0 Å². The number of carbonyl (C=O) groups excluding carboxylic acids is 3. The first-order chi connectivity index (χ1) is 12.1. The van der Waals surface area contributed by atoms with E-state index in [2.05, 4.69) is 5.32 Å². The average Bonchev–Trinajstić information content (AvgIpc) is 3.43. The Labute approximate surface area is 147 Å². The molecule has 25 heavy (non-hydrogen) atoms. The van der Waals surface area contributed by atoms with E-state index in [9.17, 15) is 14.4 Å². The van der Waals surface area contributed by atoms with Crippen LogP contribution in [0.4, 0.5) is 0 Å². The van der Waals surface area contributed by atoms with Crippen LogP contribution >= 0.6 is 0 Å². The average molecular weight is 344 g/mol. The van der Waals surface area contributed by atoms with Gasteiger partial charge in [0.2, 0.25) is 17.7 Å². The predicted molar refractivity (Wildman–Crippen MR) is 91.2 cm³/mol. The molecule has 2 fully saturated rings. The van der Waals surface area contributed by atoms with E-state index in [0.717, 1.165) is 28.9 Å². The maximum absolute atomic E-state index is 12.2. The third-order valence-electron chi connectivity index (χ3n) is 4.89. The van der Waals surface area contributed by atoms with Gasteiger partial charge in [0.05, 0.1) is 6.61 Å². The summed E-state index contributed by atoms with van der Waals surface area (Å²) in [6, 6.07) is 7.74. The van der Waals surface area contributed by atoms with Gasteiger partial charge < -0.3 is 10.1 Å². The third kappa shape index (κ3) is 4.66. The van der Waals surface area contributed by atoms with Gasteiger partial charge in [-0.05, 0) is 35.8 Å². The molecule has 1 aliphatic carbocycles. The molecule has 0 atom stereocenters. The van der Waals surface area contributed by atoms with Gasteiger partial charge >= 0.3 is 0 Å². The number of likely N-dealkylation sites (tertiary alicyclic amines) is 1. The molecule has 1 saturated carbocycles. The fraction of sp³-hybridized carbons (Fsp3) is 0.526. The smallest absolute Gasteiger partial charge is 0.240 e. The standard InChI is InChI=1S/C19H24N2O4/c1-25-12-14-4-2-13(3-5-14)10-20-17(22)11-21-18(23)8-16(9-19(21)24)15-6-7-15/h2-5,15-16H,6-12H2,1H3,(H,20,22). The summed E-state index contributed by atoms with van der Waals surface area (Å²) in [5.41, 5.74) is 2.02. The Balaban J connectivity index is 1.47. The highest BCUT2D eigenvalue weighted by Gasteiger charge is 2.40. The summed E-state index contributed by atoms with van der Waals surface area (Å²) in [5.74, 6) is -0.0261. The molecule has 3 rings (SSSR count). The van der Waals surface area contributed by atoms with Gasteiger partial charge in [-0.1, -0.05) is 24.3 Å². The van der Waals surface area contributed by atoms with Crippen LogP contribution in [0.2, 0.25) is 0 Å². The van der Waals surface area contributed by atoms with Gasteiger partial charge in [0, 0.05) is 26.5 Å². The number of amides is 3. The molecule has 6 nitrogen and oxygen atoms in total. The Morgan fingerprint density at radius 2 is 1.68 bits per heavy atom. The van der Waals surface area contributed by atoms with Crippen LogP contribution in [0.1, 0.15) is 36.8 Å². The van der Waals surface area contributed by atoms with Crippen LogP contribution in [0.5, 0.6) is 0 Å². The lowest BCUT2D eigenvalue weighted by atomic mass is 9.91. The normalized spacial score (nSPS) is 18.5. The van der Waals surface area contributed by atoms with Crippen molar-refractivity contribution in [3.63, 3.8) is 0 Å². The van der Waals surface area contributed by atoms with Gasteiger partial charge in [0.1, 0.15) is 6.54 Å². The van der Waals surface area contributed by atoms with E-state index in [4.69, 9.17) is 4.74 Å². The molecule has 134 valence electrons. The Hall–Kier alpha value is -2.21. The minimum absolute atomic E-state index is 0.184. The highest BCUT2D eigenvalue weighted by molar-refractivity contribution is 6.01. The molecule has 0 spiro atoms. The lowest BCUT2D eigenvalue weighted by molar-refractivity contribution is -0.153. The summed E-state index contributed by atoms with van der Waals surface area (Å²) in [5, 5.41) is 2.77. The zero-order valence-corrected chi connectivity index (χ0v) is 14.5. The van der Waals surface area contributed by atoms with Crippen LogP contribution in [0.15, 0.2) is 24.3 Å². The van der Waals surface area contributed by atoms with E-state index >= 15 is 0 Å². The summed E-state index contributed by atoms with van der Waals surface area (Å²) >= 11 is 0. The van der Waals surface area contributed by atoms with E-state index in [1.807, 2.05) is 24.3 Å². The van der Waals surface area contributed by atoms with E-state index in [0.29, 0.717) is 31.9 Å². The Morgan fingerprint density at radius 3 is 2.24 bits per heavy atom. The zero-order valence-electron chi connectivity index (χ0n) is 14.5. The SMILES string of the molecule is COCc1ccc(CNC(=O)CN2C(=O)CC(C3CC3)CC2=O)cc1. The number of nitrogens with one attached hydrogen (secondary N) is 1. The summed E-state index contributed by atoms with van der Waals surface area (Å²) in [7, 11) is 1.64. The molecular weight excluding hydrogens is 320 g/mol. The number of piperidine rings is 1. The van der Waals surface area contributed by atoms with Gasteiger partial charge in [-0.2, -0.15) is 0 Å². The fourth-order valence-electron chi connectivity index (χ4n) is 3.28. The second-order valence-electron chi connectivity index (χ2n) is 6.91. The van der Waals surface area contributed by atoms with Gasteiger partial charge in [0.15, 0.2) is 0 Å². The Bertz CT molecular complexity index is 634. The van der Waals surface area contributed by atoms with Gasteiger partial charge in [-0.15, -0.1) is 0 Å². The molecule has 0 bridgehead atoms. The van der Waals surface area contributed by atoms with Crippen molar-refractivity contribution in [2.24, 2.45) is 11.8 Å². The molecule has 2 aliphatic rings. The number of hydrogen-bond donors (Lipinski definition) is 1. The Morgan fingerprint density at radius 1 is 1.08 bits per heavy atom. The van der Waals surface area contributed by atoms with Crippen molar-refractivity contribution in [2.75, 3.05) is 13.7 Å². The van der Waals surface area contributed by atoms with Crippen molar-refractivity contribution in [1.82, 2.24) is 10.2 Å². The van der Waals surface area contributed by atoms with Crippen LogP contribution in [0, 0.1) is 11.8 Å². The second kappa shape index (κ2) is 7.78. The van der Waals surface area contributed by atoms with Crippen molar-refractivity contribution in [3.05, 3.63) is 35.4 Å². The van der Waals surface area contributed by atoms with Crippen molar-refractivity contribution < 1.29 is 19.1 Å². The summed E-state index contributed by atoms with van der Waals surface area (Å²) in [6.07, 6.45) is 3.03. The van der Waals surface area contributed by atoms with Crippen molar-refractivity contribution >= 4 is 17.7 Å². The molecule has 3 amide bonds. The molecule has 1 aromatic rings. The lowest BCUT2D eigenvalue weighted by Gasteiger charge is -2.29. The number of rotatable bonds is 7. The van der Waals surface area contributed by atoms with E-state index in [-0.39, 0.29) is 30.2 Å². The first kappa shape index (κ1) is 17.6. The number of ether oxygens (including phenoxy) is 1. The predicted octanol–water partition coefficient (Wildman–Crippen LogP) is 1.62. The quantitative estimate of drug-likeness (QED) is 0.763. The molecular formula is C19H24N2O4. The minimum Gasteiger partial charge on any atom is -0.380 e. The van der Waals surface area contributed by atoms with Gasteiger partial charge in [0.25, 0.3) is 0 Å². The van der Waals surface area contributed by atoms with E-state index in [1.54, 1.807) is 7.11 Å². The maximum atomic E-state index is 12.2. The molecule has 1 aliphatic heterocycles. The molecule has 1 N–H and O–H groups in total. The summed E-state index contributed by atoms with van der Waals surface area (Å²) < 4.78 is 5.06. The highest BCUT2D eigenvalue weighted by atomic mass is 16.5. The minimum atomic E-state index is -0.312. The third-order valence-corrected chi connectivity index (χ3v) is 4.89. The first-order valence-corrected chi connectivity index (χ1v) is 8.73. The topological polar surface area (TPSA) is 75.7 Å².